The Morgan fingerprint density at radius 1 is 0.975 bits per heavy atom. The minimum Gasteiger partial charge on any atom is -0.493 e. The number of carbonyl (C=O) groups excluding carboxylic acids is 2. The Balaban J connectivity index is 1.47. The van der Waals surface area contributed by atoms with Crippen LogP contribution < -0.4 is 24.8 Å². The highest BCUT2D eigenvalue weighted by atomic mass is 16.5. The van der Waals surface area contributed by atoms with Gasteiger partial charge in [0, 0.05) is 69.0 Å². The van der Waals surface area contributed by atoms with E-state index < -0.39 is 0 Å². The van der Waals surface area contributed by atoms with Crippen LogP contribution in [0.5, 0.6) is 17.2 Å². The number of aromatic nitrogens is 1. The maximum atomic E-state index is 13.2. The summed E-state index contributed by atoms with van der Waals surface area (Å²) in [7, 11) is 3.23. The van der Waals surface area contributed by atoms with Crippen molar-refractivity contribution in [2.24, 2.45) is 0 Å². The highest BCUT2D eigenvalue weighted by Gasteiger charge is 2.25. The van der Waals surface area contributed by atoms with Crippen molar-refractivity contribution < 1.29 is 23.8 Å². The zero-order chi connectivity index (χ0) is 27.9. The van der Waals surface area contributed by atoms with E-state index in [2.05, 4.69) is 26.6 Å². The lowest BCUT2D eigenvalue weighted by Crippen LogP contribution is -2.38. The monoisotopic (exact) mass is 544 g/mol. The highest BCUT2D eigenvalue weighted by Crippen LogP contribution is 2.42. The van der Waals surface area contributed by atoms with Gasteiger partial charge in [0.25, 0.3) is 0 Å². The quantitative estimate of drug-likeness (QED) is 0.517. The zero-order valence-corrected chi connectivity index (χ0v) is 23.1. The second-order valence-corrected chi connectivity index (χ2v) is 10.1. The predicted octanol–water partition coefficient (Wildman–Crippen LogP) is 3.66. The molecule has 3 aromatic rings. The topological polar surface area (TPSA) is 102 Å². The molecule has 0 saturated carbocycles. The largest absolute Gasteiger partial charge is 0.493 e. The number of rotatable bonds is 4. The number of hydrogen-bond acceptors (Lipinski definition) is 7. The molecule has 9 nitrogen and oxygen atoms in total. The van der Waals surface area contributed by atoms with E-state index in [1.807, 2.05) is 36.4 Å². The van der Waals surface area contributed by atoms with Crippen LogP contribution in [-0.4, -0.2) is 62.2 Å². The molecule has 4 bridgehead atoms. The smallest absolute Gasteiger partial charge is 0.221 e. The maximum Gasteiger partial charge on any atom is 0.221 e. The van der Waals surface area contributed by atoms with Gasteiger partial charge < -0.3 is 24.8 Å². The van der Waals surface area contributed by atoms with E-state index in [0.29, 0.717) is 70.0 Å². The number of ether oxygens (including phenoxy) is 3. The molecule has 2 aromatic carbocycles. The fourth-order valence-electron chi connectivity index (χ4n) is 5.33. The molecule has 2 aliphatic heterocycles. The van der Waals surface area contributed by atoms with Crippen LogP contribution in [0.15, 0.2) is 54.9 Å². The molecule has 2 aliphatic rings. The Morgan fingerprint density at radius 2 is 1.82 bits per heavy atom. The second kappa shape index (κ2) is 12.8. The third kappa shape index (κ3) is 6.54. The first-order chi connectivity index (χ1) is 19.5. The van der Waals surface area contributed by atoms with Gasteiger partial charge in [-0.05, 0) is 59.5 Å². The number of hydrogen-bond donors (Lipinski definition) is 2. The average molecular weight is 545 g/mol. The summed E-state index contributed by atoms with van der Waals surface area (Å²) in [6, 6.07) is 13.8. The average Bonchev–Trinajstić information content (AvgIpc) is 2.98. The maximum absolute atomic E-state index is 13.2. The van der Waals surface area contributed by atoms with E-state index in [1.165, 1.54) is 0 Å². The fraction of sp³-hybridized carbons (Fsp3) is 0.387. The molecule has 0 fully saturated rings. The van der Waals surface area contributed by atoms with E-state index in [-0.39, 0.29) is 17.9 Å². The van der Waals surface area contributed by atoms with Gasteiger partial charge in [-0.3, -0.25) is 19.5 Å². The molecule has 2 amide bonds. The van der Waals surface area contributed by atoms with Gasteiger partial charge in [0.15, 0.2) is 11.5 Å². The first kappa shape index (κ1) is 27.5. The summed E-state index contributed by atoms with van der Waals surface area (Å²) in [6.07, 6.45) is 5.48. The molecule has 40 heavy (non-hydrogen) atoms. The number of methoxy groups -OCH3 is 2. The van der Waals surface area contributed by atoms with Gasteiger partial charge in [-0.2, -0.15) is 0 Å². The number of carbonyl (C=O) groups is 2. The summed E-state index contributed by atoms with van der Waals surface area (Å²) in [5.74, 6) is 1.96. The van der Waals surface area contributed by atoms with Crippen molar-refractivity contribution in [3.8, 4) is 28.4 Å². The summed E-state index contributed by atoms with van der Waals surface area (Å²) in [5, 5.41) is 6.28. The van der Waals surface area contributed by atoms with Crippen molar-refractivity contribution in [2.45, 2.75) is 38.3 Å². The standard InChI is InChI=1S/C31H36N4O5/c1-38-28-18-22-3-6-29(36)33-13-15-35(20-21-7-11-32-12-8-21)14-9-30(37)34-26-10-16-40-27-5-4-23(19-25(26)27)24(17-22)31(28)39-2/h4-5,7-8,11-12,17-19,26H,3,6,9-10,13-16,20H2,1-2H3,(H,33,36)(H,34,37). The van der Waals surface area contributed by atoms with E-state index in [9.17, 15) is 9.59 Å². The van der Waals surface area contributed by atoms with Crippen LogP contribution >= 0.6 is 0 Å². The molecule has 0 saturated heterocycles. The molecule has 3 heterocycles. The van der Waals surface area contributed by atoms with E-state index in [4.69, 9.17) is 14.2 Å². The molecule has 0 radical (unpaired) electrons. The van der Waals surface area contributed by atoms with E-state index in [0.717, 1.165) is 33.6 Å². The third-order valence-corrected chi connectivity index (χ3v) is 7.44. The molecular weight excluding hydrogens is 508 g/mol. The SMILES string of the molecule is COc1cc2cc(c1OC)-c1ccc3c(c1)C(CCO3)NC(=O)CCN(Cc1ccncc1)CCNC(=O)CC2. The van der Waals surface area contributed by atoms with Crippen molar-refractivity contribution in [2.75, 3.05) is 40.5 Å². The summed E-state index contributed by atoms with van der Waals surface area (Å²) in [4.78, 5) is 32.2. The van der Waals surface area contributed by atoms with Crippen molar-refractivity contribution >= 4 is 11.8 Å². The van der Waals surface area contributed by atoms with Crippen molar-refractivity contribution in [3.63, 3.8) is 0 Å². The normalized spacial score (nSPS) is 18.4. The third-order valence-electron chi connectivity index (χ3n) is 7.44. The van der Waals surface area contributed by atoms with Gasteiger partial charge in [0.05, 0.1) is 26.9 Å². The van der Waals surface area contributed by atoms with Crippen LogP contribution in [0.2, 0.25) is 0 Å². The van der Waals surface area contributed by atoms with Gasteiger partial charge in [0.2, 0.25) is 11.8 Å². The van der Waals surface area contributed by atoms with Gasteiger partial charge in [-0.15, -0.1) is 0 Å². The molecule has 1 aromatic heterocycles. The van der Waals surface area contributed by atoms with Crippen molar-refractivity contribution in [1.29, 1.82) is 0 Å². The first-order valence-corrected chi connectivity index (χ1v) is 13.7. The fourth-order valence-corrected chi connectivity index (χ4v) is 5.33. The Hall–Kier alpha value is -4.11. The number of aryl methyl sites for hydroxylation is 1. The van der Waals surface area contributed by atoms with Gasteiger partial charge in [-0.25, -0.2) is 0 Å². The summed E-state index contributed by atoms with van der Waals surface area (Å²) in [6.45, 7) is 2.91. The Bertz CT molecular complexity index is 1350. The molecule has 0 aliphatic carbocycles. The molecule has 210 valence electrons. The number of benzene rings is 2. The van der Waals surface area contributed by atoms with Crippen LogP contribution in [0.1, 0.15) is 42.0 Å². The summed E-state index contributed by atoms with van der Waals surface area (Å²) >= 11 is 0. The van der Waals surface area contributed by atoms with Crippen LogP contribution in [0.3, 0.4) is 0 Å². The molecule has 1 atom stereocenters. The van der Waals surface area contributed by atoms with E-state index >= 15 is 0 Å². The van der Waals surface area contributed by atoms with Gasteiger partial charge >= 0.3 is 0 Å². The lowest BCUT2D eigenvalue weighted by molar-refractivity contribution is -0.123. The molecule has 2 N–H and O–H groups in total. The first-order valence-electron chi connectivity index (χ1n) is 13.7. The highest BCUT2D eigenvalue weighted by molar-refractivity contribution is 5.79. The van der Waals surface area contributed by atoms with Crippen molar-refractivity contribution in [1.82, 2.24) is 20.5 Å². The minimum atomic E-state index is -0.154. The van der Waals surface area contributed by atoms with Crippen molar-refractivity contribution in [3.05, 3.63) is 71.5 Å². The molecule has 9 heteroatoms. The number of fused-ring (bicyclic) bond motifs is 4. The Kier molecular flexibility index (Phi) is 8.81. The van der Waals surface area contributed by atoms with Crippen LogP contribution in [0.4, 0.5) is 0 Å². The van der Waals surface area contributed by atoms with Crippen LogP contribution in [-0.2, 0) is 22.6 Å². The number of pyridine rings is 1. The Morgan fingerprint density at radius 3 is 2.62 bits per heavy atom. The lowest BCUT2D eigenvalue weighted by atomic mass is 9.93. The number of nitrogens with zero attached hydrogens (tertiary/aromatic N) is 2. The summed E-state index contributed by atoms with van der Waals surface area (Å²) < 4.78 is 17.4. The zero-order valence-electron chi connectivity index (χ0n) is 23.1. The Labute approximate surface area is 234 Å². The predicted molar refractivity (Wildman–Crippen MR) is 151 cm³/mol. The molecule has 5 rings (SSSR count). The van der Waals surface area contributed by atoms with E-state index in [1.54, 1.807) is 26.6 Å². The van der Waals surface area contributed by atoms with Gasteiger partial charge in [-0.1, -0.05) is 6.07 Å². The number of amides is 2. The molecule has 1 unspecified atom stereocenters. The summed E-state index contributed by atoms with van der Waals surface area (Å²) in [5.41, 5.74) is 4.82. The minimum absolute atomic E-state index is 0.0191. The lowest BCUT2D eigenvalue weighted by Gasteiger charge is -2.28. The second-order valence-electron chi connectivity index (χ2n) is 10.1. The number of nitrogens with one attached hydrogen (secondary N) is 2. The van der Waals surface area contributed by atoms with Gasteiger partial charge in [0.1, 0.15) is 5.75 Å². The molecular formula is C31H36N4O5. The molecule has 0 spiro atoms. The van der Waals surface area contributed by atoms with Crippen LogP contribution in [0, 0.1) is 0 Å². The van der Waals surface area contributed by atoms with Crippen LogP contribution in [0.25, 0.3) is 11.1 Å².